The molecular weight excluding hydrogens is 563 g/mol. The highest BCUT2D eigenvalue weighted by atomic mass is 32.1. The van der Waals surface area contributed by atoms with Crippen LogP contribution in [0.5, 0.6) is 0 Å². The Labute approximate surface area is 235 Å². The molecule has 2 atom stereocenters. The van der Waals surface area contributed by atoms with Gasteiger partial charge < -0.3 is 15.3 Å². The first-order valence-electron chi connectivity index (χ1n) is 12.8. The van der Waals surface area contributed by atoms with Gasteiger partial charge in [0, 0.05) is 29.7 Å². The summed E-state index contributed by atoms with van der Waals surface area (Å²) in [4.78, 5) is 61.2. The predicted octanol–water partition coefficient (Wildman–Crippen LogP) is 3.92. The van der Waals surface area contributed by atoms with Crippen LogP contribution in [0, 0.1) is 24.2 Å². The number of carbonyl (C=O) groups is 4. The van der Waals surface area contributed by atoms with Gasteiger partial charge in [0.2, 0.25) is 11.8 Å². The number of imide groups is 1. The summed E-state index contributed by atoms with van der Waals surface area (Å²) in [5.41, 5.74) is -1.07. The van der Waals surface area contributed by atoms with Crippen LogP contribution in [0.25, 0.3) is 21.5 Å². The molecule has 10 nitrogen and oxygen atoms in total. The van der Waals surface area contributed by atoms with Gasteiger partial charge in [0.05, 0.1) is 45.9 Å². The van der Waals surface area contributed by atoms with Crippen LogP contribution in [-0.4, -0.2) is 67.8 Å². The Bertz CT molecular complexity index is 1640. The number of hydrogen-bond donors (Lipinski definition) is 2. The van der Waals surface area contributed by atoms with Crippen LogP contribution < -0.4 is 5.32 Å². The quantitative estimate of drug-likeness (QED) is 0.433. The summed E-state index contributed by atoms with van der Waals surface area (Å²) in [5, 5.41) is 11.8. The zero-order valence-corrected chi connectivity index (χ0v) is 22.9. The number of piperidine rings is 1. The van der Waals surface area contributed by atoms with E-state index in [1.54, 1.807) is 6.07 Å². The number of hydrogen-bond acceptors (Lipinski definition) is 7. The number of halogens is 3. The number of alkyl halides is 3. The number of aromatic nitrogens is 2. The van der Waals surface area contributed by atoms with Crippen LogP contribution in [0.15, 0.2) is 24.4 Å². The minimum atomic E-state index is -4.78. The number of pyridine rings is 2. The first-order chi connectivity index (χ1) is 19.2. The fraction of sp³-hybridized carbons (Fsp3) is 0.407. The van der Waals surface area contributed by atoms with Crippen molar-refractivity contribution in [2.24, 2.45) is 17.3 Å². The van der Waals surface area contributed by atoms with Gasteiger partial charge in [-0.1, -0.05) is 13.8 Å². The molecule has 1 aliphatic carbocycles. The van der Waals surface area contributed by atoms with E-state index in [4.69, 9.17) is 5.11 Å². The molecule has 0 spiro atoms. The zero-order chi connectivity index (χ0) is 29.6. The molecule has 3 aromatic rings. The van der Waals surface area contributed by atoms with Gasteiger partial charge in [-0.25, -0.2) is 9.78 Å². The molecule has 2 saturated heterocycles. The van der Waals surface area contributed by atoms with Crippen molar-refractivity contribution in [2.45, 2.75) is 39.5 Å². The second-order valence-electron chi connectivity index (χ2n) is 11.2. The Morgan fingerprint density at radius 3 is 2.44 bits per heavy atom. The van der Waals surface area contributed by atoms with Crippen molar-refractivity contribution in [3.05, 3.63) is 46.1 Å². The van der Waals surface area contributed by atoms with E-state index in [0.29, 0.717) is 15.1 Å². The lowest BCUT2D eigenvalue weighted by molar-refractivity contribution is -0.144. The van der Waals surface area contributed by atoms with Crippen molar-refractivity contribution in [3.63, 3.8) is 0 Å². The highest BCUT2D eigenvalue weighted by molar-refractivity contribution is 7.19. The molecule has 2 N–H and O–H groups in total. The average molecular weight is 588 g/mol. The number of amides is 4. The number of nitrogens with one attached hydrogen (secondary N) is 1. The predicted molar refractivity (Wildman–Crippen MR) is 140 cm³/mol. The van der Waals surface area contributed by atoms with Crippen molar-refractivity contribution in [2.75, 3.05) is 13.1 Å². The first-order valence-corrected chi connectivity index (χ1v) is 13.6. The average Bonchev–Trinajstić information content (AvgIpc) is 3.10. The van der Waals surface area contributed by atoms with Crippen LogP contribution in [0.1, 0.15) is 40.3 Å². The van der Waals surface area contributed by atoms with Gasteiger partial charge in [0.15, 0.2) is 0 Å². The molecule has 3 aliphatic rings. The molecule has 6 rings (SSSR count). The summed E-state index contributed by atoms with van der Waals surface area (Å²) in [6.45, 7) is 5.29. The number of likely N-dealkylation sites (tertiary alicyclic amines) is 2. The normalized spacial score (nSPS) is 21.7. The molecule has 2 unspecified atom stereocenters. The molecule has 2 aliphatic heterocycles. The van der Waals surface area contributed by atoms with E-state index < -0.39 is 29.9 Å². The number of carbonyl (C=O) groups excluding carboxylic acids is 3. The Kier molecular flexibility index (Phi) is 5.93. The summed E-state index contributed by atoms with van der Waals surface area (Å²) in [6.07, 6.45) is -4.51. The van der Waals surface area contributed by atoms with Gasteiger partial charge in [-0.15, -0.1) is 11.3 Å². The van der Waals surface area contributed by atoms with E-state index in [1.165, 1.54) is 24.1 Å². The van der Waals surface area contributed by atoms with Crippen molar-refractivity contribution >= 4 is 45.4 Å². The van der Waals surface area contributed by atoms with Crippen molar-refractivity contribution in [1.29, 1.82) is 0 Å². The molecule has 14 heteroatoms. The lowest BCUT2D eigenvalue weighted by Crippen LogP contribution is -2.60. The fourth-order valence-corrected chi connectivity index (χ4v) is 6.97. The van der Waals surface area contributed by atoms with Crippen LogP contribution in [0.3, 0.4) is 0 Å². The highest BCUT2D eigenvalue weighted by Crippen LogP contribution is 2.63. The van der Waals surface area contributed by atoms with Crippen LogP contribution >= 0.6 is 11.3 Å². The molecule has 5 heterocycles. The van der Waals surface area contributed by atoms with Gasteiger partial charge >= 0.3 is 12.3 Å². The van der Waals surface area contributed by atoms with E-state index in [9.17, 15) is 32.3 Å². The molecule has 0 bridgehead atoms. The van der Waals surface area contributed by atoms with Gasteiger partial charge in [-0.3, -0.25) is 24.3 Å². The van der Waals surface area contributed by atoms with Crippen LogP contribution in [-0.2, 0) is 22.3 Å². The molecule has 0 radical (unpaired) electrons. The molecule has 1 saturated carbocycles. The fourth-order valence-electron chi connectivity index (χ4n) is 5.85. The Morgan fingerprint density at radius 2 is 1.83 bits per heavy atom. The molecule has 4 amide bonds. The topological polar surface area (TPSA) is 133 Å². The van der Waals surface area contributed by atoms with Crippen LogP contribution in [0.2, 0.25) is 0 Å². The monoisotopic (exact) mass is 587 g/mol. The minimum Gasteiger partial charge on any atom is -0.465 e. The third kappa shape index (κ3) is 4.31. The van der Waals surface area contributed by atoms with Crippen LogP contribution in [0.4, 0.5) is 18.0 Å². The molecule has 214 valence electrons. The lowest BCUT2D eigenvalue weighted by Gasteiger charge is -2.37. The van der Waals surface area contributed by atoms with E-state index in [2.05, 4.69) is 15.3 Å². The summed E-state index contributed by atoms with van der Waals surface area (Å²) in [7, 11) is 0. The van der Waals surface area contributed by atoms with Crippen molar-refractivity contribution in [3.8, 4) is 11.3 Å². The van der Waals surface area contributed by atoms with Crippen molar-refractivity contribution < 1.29 is 37.5 Å². The van der Waals surface area contributed by atoms with E-state index in [-0.39, 0.29) is 71.1 Å². The Hall–Kier alpha value is -4.07. The number of fused-ring (bicyclic) bond motifs is 2. The largest absolute Gasteiger partial charge is 0.465 e. The number of carboxylic acid groups (broad SMARTS) is 1. The summed E-state index contributed by atoms with van der Waals surface area (Å²) in [5.74, 6) is -1.82. The Balaban J connectivity index is 1.37. The highest BCUT2D eigenvalue weighted by Gasteiger charge is 2.72. The third-order valence-corrected chi connectivity index (χ3v) is 9.29. The number of nitrogens with zero attached hydrogens (tertiary/aromatic N) is 4. The lowest BCUT2D eigenvalue weighted by atomic mass is 9.99. The number of thiophene rings is 1. The second-order valence-corrected chi connectivity index (χ2v) is 12.4. The Morgan fingerprint density at radius 1 is 1.17 bits per heavy atom. The zero-order valence-electron chi connectivity index (χ0n) is 22.1. The van der Waals surface area contributed by atoms with Gasteiger partial charge in [0.1, 0.15) is 5.69 Å². The maximum atomic E-state index is 13.8. The van der Waals surface area contributed by atoms with E-state index in [0.717, 1.165) is 22.3 Å². The maximum absolute atomic E-state index is 13.8. The summed E-state index contributed by atoms with van der Waals surface area (Å²) in [6, 6.07) is 3.46. The molecule has 3 aromatic heterocycles. The molecule has 41 heavy (non-hydrogen) atoms. The van der Waals surface area contributed by atoms with Gasteiger partial charge in [-0.05, 0) is 36.1 Å². The van der Waals surface area contributed by atoms with Gasteiger partial charge in [0.25, 0.3) is 5.91 Å². The van der Waals surface area contributed by atoms with E-state index >= 15 is 0 Å². The third-order valence-electron chi connectivity index (χ3n) is 8.14. The maximum Gasteiger partial charge on any atom is 0.433 e. The van der Waals surface area contributed by atoms with Crippen molar-refractivity contribution in [1.82, 2.24) is 25.1 Å². The number of aryl methyl sites for hydroxylation is 1. The molecular formula is C27H24F3N5O5S. The minimum absolute atomic E-state index is 0.0192. The molecule has 3 fully saturated rings. The van der Waals surface area contributed by atoms with E-state index in [1.807, 2.05) is 13.8 Å². The summed E-state index contributed by atoms with van der Waals surface area (Å²) < 4.78 is 41.8. The number of rotatable bonds is 5. The second kappa shape index (κ2) is 8.96. The standard InChI is InChI=1S/C27H24F3N5O5S/c1-11-6-16(27(28,29)30)33-20(17(11)22(36)32-12-8-34(9-12)25(39)40)14-4-5-31-15-7-13(41-21(14)15)10-35-23(37)18-19(24(35)38)26(18,2)3/h4-7,12,18-19H,8-10H2,1-3H3,(H,32,36)(H,39,40). The van der Waals surface area contributed by atoms with Gasteiger partial charge in [-0.2, -0.15) is 13.2 Å². The SMILES string of the molecule is Cc1cc(C(F)(F)F)nc(-c2ccnc3cc(CN4C(=O)C5C(C4=O)C5(C)C)sc23)c1C(=O)NC1CN(C(=O)O)C1. The smallest absolute Gasteiger partial charge is 0.433 e. The molecule has 0 aromatic carbocycles. The first kappa shape index (κ1) is 27.1. The summed E-state index contributed by atoms with van der Waals surface area (Å²) >= 11 is 1.16.